The monoisotopic (exact) mass is 238 g/mol. The van der Waals surface area contributed by atoms with Crippen LogP contribution >= 0.6 is 0 Å². The van der Waals surface area contributed by atoms with Crippen LogP contribution in [0.1, 0.15) is 12.0 Å². The highest BCUT2D eigenvalue weighted by molar-refractivity contribution is 7.89. The predicted molar refractivity (Wildman–Crippen MR) is 63.2 cm³/mol. The van der Waals surface area contributed by atoms with Crippen LogP contribution in [0.25, 0.3) is 0 Å². The van der Waals surface area contributed by atoms with Gasteiger partial charge in [-0.25, -0.2) is 13.1 Å². The van der Waals surface area contributed by atoms with Gasteiger partial charge >= 0.3 is 0 Å². The molecule has 0 unspecified atom stereocenters. The van der Waals surface area contributed by atoms with Crippen LogP contribution < -0.4 is 4.72 Å². The Morgan fingerprint density at radius 3 is 2.69 bits per heavy atom. The van der Waals surface area contributed by atoms with Crippen LogP contribution in [0.2, 0.25) is 0 Å². The number of hydrogen-bond acceptors (Lipinski definition) is 3. The lowest BCUT2D eigenvalue weighted by atomic mass is 10.2. The number of nitrogens with one attached hydrogen (secondary N) is 1. The number of nitrogens with zero attached hydrogens (tertiary/aromatic N) is 1. The van der Waals surface area contributed by atoms with E-state index in [0.29, 0.717) is 19.4 Å². The molecule has 0 aromatic carbocycles. The molecule has 86 valence electrons. The maximum Gasteiger partial charge on any atom is 0.211 e. The van der Waals surface area contributed by atoms with Crippen molar-refractivity contribution in [2.75, 3.05) is 12.3 Å². The van der Waals surface area contributed by atoms with Crippen molar-refractivity contribution in [2.24, 2.45) is 0 Å². The van der Waals surface area contributed by atoms with E-state index in [2.05, 4.69) is 15.6 Å². The fourth-order valence-corrected chi connectivity index (χ4v) is 2.21. The second-order valence-corrected chi connectivity index (χ2v) is 5.20. The summed E-state index contributed by atoms with van der Waals surface area (Å²) in [6.07, 6.45) is 9.22. The highest BCUT2D eigenvalue weighted by Crippen LogP contribution is 1.99. The molecule has 0 saturated heterocycles. The molecule has 0 aliphatic rings. The van der Waals surface area contributed by atoms with Gasteiger partial charge in [0.25, 0.3) is 0 Å². The molecule has 5 heteroatoms. The molecule has 0 bridgehead atoms. The van der Waals surface area contributed by atoms with Gasteiger partial charge in [-0.1, -0.05) is 0 Å². The van der Waals surface area contributed by atoms with Gasteiger partial charge in [-0.15, -0.1) is 12.3 Å². The zero-order valence-electron chi connectivity index (χ0n) is 8.89. The largest absolute Gasteiger partial charge is 0.265 e. The average molecular weight is 238 g/mol. The van der Waals surface area contributed by atoms with E-state index in [9.17, 15) is 8.42 Å². The highest BCUT2D eigenvalue weighted by atomic mass is 32.2. The molecule has 0 fully saturated rings. The first-order chi connectivity index (χ1) is 7.64. The normalized spacial score (nSPS) is 10.9. The van der Waals surface area contributed by atoms with Crippen LogP contribution in [0.3, 0.4) is 0 Å². The molecule has 4 nitrogen and oxygen atoms in total. The Morgan fingerprint density at radius 1 is 1.38 bits per heavy atom. The molecule has 0 aliphatic heterocycles. The molecule has 1 aromatic heterocycles. The van der Waals surface area contributed by atoms with Crippen LogP contribution in [0.4, 0.5) is 0 Å². The van der Waals surface area contributed by atoms with Gasteiger partial charge in [0, 0.05) is 25.4 Å². The third-order valence-electron chi connectivity index (χ3n) is 2.00. The van der Waals surface area contributed by atoms with Gasteiger partial charge in [0.15, 0.2) is 0 Å². The van der Waals surface area contributed by atoms with E-state index in [1.54, 1.807) is 24.5 Å². The summed E-state index contributed by atoms with van der Waals surface area (Å²) in [7, 11) is -3.22. The minimum Gasteiger partial charge on any atom is -0.265 e. The summed E-state index contributed by atoms with van der Waals surface area (Å²) in [5, 5.41) is 0. The van der Waals surface area contributed by atoms with Crippen molar-refractivity contribution >= 4 is 10.0 Å². The Kier molecular flexibility index (Phi) is 4.96. The average Bonchev–Trinajstić information content (AvgIpc) is 2.28. The zero-order valence-corrected chi connectivity index (χ0v) is 9.70. The van der Waals surface area contributed by atoms with Gasteiger partial charge in [0.05, 0.1) is 5.75 Å². The van der Waals surface area contributed by atoms with E-state index in [1.807, 2.05) is 0 Å². The maximum absolute atomic E-state index is 11.5. The first kappa shape index (κ1) is 12.7. The van der Waals surface area contributed by atoms with E-state index >= 15 is 0 Å². The molecule has 0 spiro atoms. The third-order valence-corrected chi connectivity index (χ3v) is 3.39. The topological polar surface area (TPSA) is 59.1 Å². The van der Waals surface area contributed by atoms with Gasteiger partial charge in [-0.2, -0.15) is 0 Å². The molecule has 0 saturated carbocycles. The number of terminal acetylenes is 1. The number of aromatic nitrogens is 1. The Morgan fingerprint density at radius 2 is 2.06 bits per heavy atom. The summed E-state index contributed by atoms with van der Waals surface area (Å²) >= 11 is 0. The number of aryl methyl sites for hydroxylation is 1. The summed E-state index contributed by atoms with van der Waals surface area (Å²) in [5.74, 6) is 2.45. The van der Waals surface area contributed by atoms with E-state index < -0.39 is 10.0 Å². The number of sulfonamides is 1. The van der Waals surface area contributed by atoms with Gasteiger partial charge in [0.2, 0.25) is 10.0 Å². The van der Waals surface area contributed by atoms with Crippen molar-refractivity contribution in [3.8, 4) is 12.3 Å². The molecule has 16 heavy (non-hydrogen) atoms. The Labute approximate surface area is 96.2 Å². The minimum absolute atomic E-state index is 0.0710. The lowest BCUT2D eigenvalue weighted by molar-refractivity contribution is 0.581. The molecule has 0 radical (unpaired) electrons. The lowest BCUT2D eigenvalue weighted by Gasteiger charge is -2.04. The SMILES string of the molecule is C#CCCNS(=O)(=O)CCc1ccncc1. The van der Waals surface area contributed by atoms with Crippen LogP contribution in [0, 0.1) is 12.3 Å². The van der Waals surface area contributed by atoms with E-state index in [-0.39, 0.29) is 5.75 Å². The summed E-state index contributed by atoms with van der Waals surface area (Å²) in [4.78, 5) is 3.86. The predicted octanol–water partition coefficient (Wildman–Crippen LogP) is 0.567. The van der Waals surface area contributed by atoms with Crippen molar-refractivity contribution in [2.45, 2.75) is 12.8 Å². The molecule has 0 aliphatic carbocycles. The summed E-state index contributed by atoms with van der Waals surface area (Å²) < 4.78 is 25.4. The smallest absolute Gasteiger partial charge is 0.211 e. The van der Waals surface area contributed by atoms with Crippen LogP contribution in [-0.4, -0.2) is 25.7 Å². The molecule has 1 rings (SSSR count). The molecule has 0 atom stereocenters. The van der Waals surface area contributed by atoms with Crippen LogP contribution in [0.15, 0.2) is 24.5 Å². The summed E-state index contributed by atoms with van der Waals surface area (Å²) in [6.45, 7) is 0.301. The van der Waals surface area contributed by atoms with Crippen molar-refractivity contribution < 1.29 is 8.42 Å². The van der Waals surface area contributed by atoms with Gasteiger partial charge in [-0.3, -0.25) is 4.98 Å². The molecule has 0 amide bonds. The molecule has 1 aromatic rings. The molecular weight excluding hydrogens is 224 g/mol. The van der Waals surface area contributed by atoms with E-state index in [4.69, 9.17) is 6.42 Å². The van der Waals surface area contributed by atoms with E-state index in [1.165, 1.54) is 0 Å². The number of rotatable bonds is 6. The third kappa shape index (κ3) is 4.91. The van der Waals surface area contributed by atoms with Crippen molar-refractivity contribution in [3.05, 3.63) is 30.1 Å². The van der Waals surface area contributed by atoms with Gasteiger partial charge in [0.1, 0.15) is 0 Å². The quantitative estimate of drug-likeness (QED) is 0.582. The van der Waals surface area contributed by atoms with Crippen molar-refractivity contribution in [3.63, 3.8) is 0 Å². The minimum atomic E-state index is -3.22. The second kappa shape index (κ2) is 6.26. The fraction of sp³-hybridized carbons (Fsp3) is 0.364. The first-order valence-corrected chi connectivity index (χ1v) is 6.59. The van der Waals surface area contributed by atoms with Crippen LogP contribution in [0.5, 0.6) is 0 Å². The maximum atomic E-state index is 11.5. The Hall–Kier alpha value is -1.38. The Bertz CT molecular complexity index is 449. The standard InChI is InChI=1S/C11H14N2O2S/c1-2-3-7-13-16(14,15)10-6-11-4-8-12-9-5-11/h1,4-5,8-9,13H,3,6-7,10H2. The summed E-state index contributed by atoms with van der Waals surface area (Å²) in [6, 6.07) is 3.61. The first-order valence-electron chi connectivity index (χ1n) is 4.94. The highest BCUT2D eigenvalue weighted by Gasteiger charge is 2.08. The zero-order chi connectivity index (χ0) is 11.9. The summed E-state index contributed by atoms with van der Waals surface area (Å²) in [5.41, 5.74) is 0.956. The van der Waals surface area contributed by atoms with Crippen LogP contribution in [-0.2, 0) is 16.4 Å². The lowest BCUT2D eigenvalue weighted by Crippen LogP contribution is -2.28. The van der Waals surface area contributed by atoms with Gasteiger partial charge < -0.3 is 0 Å². The number of pyridine rings is 1. The molecule has 1 N–H and O–H groups in total. The Balaban J connectivity index is 2.40. The van der Waals surface area contributed by atoms with E-state index in [0.717, 1.165) is 5.56 Å². The van der Waals surface area contributed by atoms with Crippen molar-refractivity contribution in [1.82, 2.24) is 9.71 Å². The van der Waals surface area contributed by atoms with Crippen molar-refractivity contribution in [1.29, 1.82) is 0 Å². The molecular formula is C11H14N2O2S. The number of hydrogen-bond donors (Lipinski definition) is 1. The fourth-order valence-electron chi connectivity index (χ4n) is 1.15. The second-order valence-electron chi connectivity index (χ2n) is 3.27. The van der Waals surface area contributed by atoms with Gasteiger partial charge in [-0.05, 0) is 24.1 Å². The molecule has 1 heterocycles.